The van der Waals surface area contributed by atoms with E-state index in [9.17, 15) is 0 Å². The fourth-order valence-corrected chi connectivity index (χ4v) is 4.94. The quantitative estimate of drug-likeness (QED) is 0.538. The molecule has 2 heterocycles. The molecule has 4 nitrogen and oxygen atoms in total. The molecule has 0 bridgehead atoms. The molecule has 0 N–H and O–H groups in total. The topological polar surface area (TPSA) is 36.3 Å². The van der Waals surface area contributed by atoms with Crippen LogP contribution >= 0.6 is 0 Å². The Labute approximate surface area is 176 Å². The fourth-order valence-electron chi connectivity index (χ4n) is 4.94. The molecule has 0 spiro atoms. The van der Waals surface area contributed by atoms with Gasteiger partial charge in [-0.25, -0.2) is 4.98 Å². The number of ether oxygens (including phenoxy) is 2. The van der Waals surface area contributed by atoms with Crippen LogP contribution in [0.25, 0.3) is 0 Å². The van der Waals surface area contributed by atoms with Crippen LogP contribution in [0.2, 0.25) is 0 Å². The second kappa shape index (κ2) is 9.44. The second-order valence-electron chi connectivity index (χ2n) is 9.09. The van der Waals surface area contributed by atoms with Gasteiger partial charge in [0.05, 0.1) is 19.5 Å². The molecule has 0 aliphatic carbocycles. The summed E-state index contributed by atoms with van der Waals surface area (Å²) in [5.74, 6) is -0.569. The van der Waals surface area contributed by atoms with E-state index in [-0.39, 0.29) is 5.41 Å². The van der Waals surface area contributed by atoms with Gasteiger partial charge in [-0.2, -0.15) is 0 Å². The molecule has 29 heavy (non-hydrogen) atoms. The van der Waals surface area contributed by atoms with E-state index >= 15 is 0 Å². The highest BCUT2D eigenvalue weighted by molar-refractivity contribution is 5.38. The minimum absolute atomic E-state index is 0.166. The van der Waals surface area contributed by atoms with Crippen molar-refractivity contribution in [3.05, 3.63) is 53.1 Å². The molecular formula is C25H38N2O2. The second-order valence-corrected chi connectivity index (χ2v) is 9.09. The Bertz CT molecular complexity index is 743. The lowest BCUT2D eigenvalue weighted by Gasteiger charge is -2.47. The van der Waals surface area contributed by atoms with Crippen molar-refractivity contribution in [3.63, 3.8) is 0 Å². The van der Waals surface area contributed by atoms with Crippen LogP contribution in [-0.4, -0.2) is 28.6 Å². The molecule has 2 aromatic rings. The van der Waals surface area contributed by atoms with Crippen LogP contribution in [0.15, 0.2) is 30.9 Å². The van der Waals surface area contributed by atoms with Crippen molar-refractivity contribution < 1.29 is 9.47 Å². The Balaban J connectivity index is 1.83. The molecule has 0 saturated carbocycles. The molecule has 1 aromatic heterocycles. The summed E-state index contributed by atoms with van der Waals surface area (Å²) in [5.41, 5.74) is 5.50. The van der Waals surface area contributed by atoms with Crippen molar-refractivity contribution in [2.75, 3.05) is 13.2 Å². The average Bonchev–Trinajstić information content (AvgIpc) is 3.20. The SMILES string of the molecule is CCCC1(CCC)COC(CCn2ccnc2)(Cc2c(C)cc(C)cc2C)OC1. The normalized spacial score (nSPS) is 18.1. The molecule has 4 heteroatoms. The molecule has 1 saturated heterocycles. The first kappa shape index (κ1) is 22.0. The summed E-state index contributed by atoms with van der Waals surface area (Å²) in [5, 5.41) is 0. The van der Waals surface area contributed by atoms with Gasteiger partial charge in [-0.3, -0.25) is 0 Å². The molecule has 0 unspecified atom stereocenters. The highest BCUT2D eigenvalue weighted by Gasteiger charge is 2.44. The first-order chi connectivity index (χ1) is 13.9. The van der Waals surface area contributed by atoms with Gasteiger partial charge in [-0.1, -0.05) is 44.4 Å². The number of aryl methyl sites for hydroxylation is 4. The summed E-state index contributed by atoms with van der Waals surface area (Å²) in [6.07, 6.45) is 12.0. The summed E-state index contributed by atoms with van der Waals surface area (Å²) >= 11 is 0. The van der Waals surface area contributed by atoms with E-state index in [1.54, 1.807) is 0 Å². The van der Waals surface area contributed by atoms with Gasteiger partial charge in [-0.15, -0.1) is 0 Å². The van der Waals surface area contributed by atoms with Crippen LogP contribution < -0.4 is 0 Å². The maximum absolute atomic E-state index is 6.67. The minimum Gasteiger partial charge on any atom is -0.349 e. The van der Waals surface area contributed by atoms with Crippen LogP contribution in [0.1, 0.15) is 68.2 Å². The maximum atomic E-state index is 6.67. The number of benzene rings is 1. The van der Waals surface area contributed by atoms with Gasteiger partial charge >= 0.3 is 0 Å². The Morgan fingerprint density at radius 3 is 2.10 bits per heavy atom. The van der Waals surface area contributed by atoms with E-state index in [4.69, 9.17) is 9.47 Å². The fraction of sp³-hybridized carbons (Fsp3) is 0.640. The highest BCUT2D eigenvalue weighted by atomic mass is 16.7. The largest absolute Gasteiger partial charge is 0.349 e. The van der Waals surface area contributed by atoms with Crippen molar-refractivity contribution >= 4 is 0 Å². The zero-order chi connectivity index (χ0) is 20.9. The van der Waals surface area contributed by atoms with Gasteiger partial charge in [0.15, 0.2) is 5.79 Å². The molecule has 1 aliphatic heterocycles. The lowest BCUT2D eigenvalue weighted by molar-refractivity contribution is -0.309. The molecule has 1 fully saturated rings. The summed E-state index contributed by atoms with van der Waals surface area (Å²) < 4.78 is 15.5. The van der Waals surface area contributed by atoms with Crippen molar-refractivity contribution in [3.8, 4) is 0 Å². The van der Waals surface area contributed by atoms with Crippen molar-refractivity contribution in [2.45, 2.75) is 85.5 Å². The van der Waals surface area contributed by atoms with Gasteiger partial charge < -0.3 is 14.0 Å². The third kappa shape index (κ3) is 5.29. The highest BCUT2D eigenvalue weighted by Crippen LogP contribution is 2.41. The summed E-state index contributed by atoms with van der Waals surface area (Å²) in [6, 6.07) is 4.54. The van der Waals surface area contributed by atoms with Crippen LogP contribution in [0, 0.1) is 26.2 Å². The van der Waals surface area contributed by atoms with E-state index in [0.717, 1.165) is 32.6 Å². The van der Waals surface area contributed by atoms with Gasteiger partial charge in [0.2, 0.25) is 0 Å². The lowest BCUT2D eigenvalue weighted by atomic mass is 9.79. The first-order valence-electron chi connectivity index (χ1n) is 11.2. The average molecular weight is 399 g/mol. The molecule has 160 valence electrons. The van der Waals surface area contributed by atoms with Gasteiger partial charge in [0.25, 0.3) is 0 Å². The van der Waals surface area contributed by atoms with Crippen molar-refractivity contribution in [1.82, 2.24) is 9.55 Å². The third-order valence-electron chi connectivity index (χ3n) is 6.44. The van der Waals surface area contributed by atoms with Gasteiger partial charge in [-0.05, 0) is 50.3 Å². The number of imidazole rings is 1. The summed E-state index contributed by atoms with van der Waals surface area (Å²) in [6.45, 7) is 13.5. The number of rotatable bonds is 9. The number of nitrogens with zero attached hydrogens (tertiary/aromatic N) is 2. The molecule has 1 aromatic carbocycles. The molecule has 3 rings (SSSR count). The van der Waals surface area contributed by atoms with Crippen LogP contribution in [-0.2, 0) is 22.4 Å². The zero-order valence-electron chi connectivity index (χ0n) is 19.0. The Kier molecular flexibility index (Phi) is 7.18. The predicted molar refractivity (Wildman–Crippen MR) is 118 cm³/mol. The zero-order valence-corrected chi connectivity index (χ0v) is 19.0. The van der Waals surface area contributed by atoms with Crippen LogP contribution in [0.4, 0.5) is 0 Å². The van der Waals surface area contributed by atoms with Gasteiger partial charge in [0.1, 0.15) is 0 Å². The molecule has 0 radical (unpaired) electrons. The Morgan fingerprint density at radius 1 is 0.966 bits per heavy atom. The van der Waals surface area contributed by atoms with E-state index < -0.39 is 5.79 Å². The van der Waals surface area contributed by atoms with Crippen LogP contribution in [0.5, 0.6) is 0 Å². The maximum Gasteiger partial charge on any atom is 0.174 e. The summed E-state index contributed by atoms with van der Waals surface area (Å²) in [4.78, 5) is 4.18. The number of hydrogen-bond acceptors (Lipinski definition) is 3. The number of hydrogen-bond donors (Lipinski definition) is 0. The van der Waals surface area contributed by atoms with Crippen molar-refractivity contribution in [1.29, 1.82) is 0 Å². The number of aromatic nitrogens is 2. The molecule has 0 amide bonds. The van der Waals surface area contributed by atoms with Crippen molar-refractivity contribution in [2.24, 2.45) is 5.41 Å². The summed E-state index contributed by atoms with van der Waals surface area (Å²) in [7, 11) is 0. The van der Waals surface area contributed by atoms with E-state index in [1.807, 2.05) is 18.7 Å². The minimum atomic E-state index is -0.569. The van der Waals surface area contributed by atoms with Gasteiger partial charge in [0, 0.05) is 37.2 Å². The van der Waals surface area contributed by atoms with E-state index in [0.29, 0.717) is 0 Å². The van der Waals surface area contributed by atoms with Crippen LogP contribution in [0.3, 0.4) is 0 Å². The third-order valence-corrected chi connectivity index (χ3v) is 6.44. The first-order valence-corrected chi connectivity index (χ1v) is 11.2. The predicted octanol–water partition coefficient (Wildman–Crippen LogP) is 5.77. The standard InChI is InChI=1S/C25H38N2O2/c1-6-8-24(9-7-2)17-28-25(29-18-24,10-12-27-13-11-26-19-27)16-23-21(4)14-20(3)15-22(23)5/h11,13-15,19H,6-10,12,16-18H2,1-5H3. The van der Waals surface area contributed by atoms with E-state index in [1.165, 1.54) is 47.9 Å². The molecule has 0 atom stereocenters. The molecular weight excluding hydrogens is 360 g/mol. The lowest BCUT2D eigenvalue weighted by Crippen LogP contribution is -2.51. The smallest absolute Gasteiger partial charge is 0.174 e. The monoisotopic (exact) mass is 398 g/mol. The molecule has 1 aliphatic rings. The Hall–Kier alpha value is -1.65. The van der Waals surface area contributed by atoms with E-state index in [2.05, 4.69) is 56.3 Å². The Morgan fingerprint density at radius 2 is 1.59 bits per heavy atom.